The van der Waals surface area contributed by atoms with E-state index in [0.717, 1.165) is 31.1 Å². The van der Waals surface area contributed by atoms with Crippen LogP contribution in [0.3, 0.4) is 0 Å². The van der Waals surface area contributed by atoms with Crippen LogP contribution < -0.4 is 10.2 Å². The van der Waals surface area contributed by atoms with Crippen LogP contribution in [0.5, 0.6) is 0 Å². The number of anilines is 1. The van der Waals surface area contributed by atoms with Gasteiger partial charge in [0.05, 0.1) is 11.2 Å². The van der Waals surface area contributed by atoms with Gasteiger partial charge in [0.15, 0.2) is 0 Å². The molecule has 0 unspecified atom stereocenters. The largest absolute Gasteiger partial charge is 0.357 e. The zero-order valence-corrected chi connectivity index (χ0v) is 11.6. The molecule has 1 fully saturated rings. The molecule has 3 rings (SSSR count). The zero-order valence-electron chi connectivity index (χ0n) is 10.8. The van der Waals surface area contributed by atoms with Crippen LogP contribution >= 0.6 is 11.3 Å². The minimum absolute atomic E-state index is 0.599. The van der Waals surface area contributed by atoms with E-state index < -0.39 is 0 Å². The van der Waals surface area contributed by atoms with Crippen LogP contribution in [0, 0.1) is 0 Å². The summed E-state index contributed by atoms with van der Waals surface area (Å²) in [6.07, 6.45) is 4.20. The number of aromatic nitrogens is 2. The number of nitrogens with zero attached hydrogens (tertiary/aromatic N) is 3. The van der Waals surface area contributed by atoms with Crippen molar-refractivity contribution in [2.24, 2.45) is 0 Å². The summed E-state index contributed by atoms with van der Waals surface area (Å²) in [5.74, 6) is 1.10. The first-order valence-electron chi connectivity index (χ1n) is 6.68. The summed E-state index contributed by atoms with van der Waals surface area (Å²) < 4.78 is 0. The number of piperidine rings is 1. The van der Waals surface area contributed by atoms with Crippen molar-refractivity contribution in [2.45, 2.75) is 25.4 Å². The smallest absolute Gasteiger partial charge is 0.128 e. The summed E-state index contributed by atoms with van der Waals surface area (Å²) in [4.78, 5) is 11.1. The van der Waals surface area contributed by atoms with Crippen molar-refractivity contribution in [2.75, 3.05) is 18.0 Å². The number of hydrogen-bond acceptors (Lipinski definition) is 5. The second-order valence-electron chi connectivity index (χ2n) is 4.81. The van der Waals surface area contributed by atoms with Gasteiger partial charge in [-0.05, 0) is 25.0 Å². The Morgan fingerprint density at radius 1 is 1.26 bits per heavy atom. The van der Waals surface area contributed by atoms with Crippen LogP contribution in [0.2, 0.25) is 0 Å². The molecule has 0 radical (unpaired) electrons. The Morgan fingerprint density at radius 2 is 2.16 bits per heavy atom. The molecule has 0 atom stereocenters. The van der Waals surface area contributed by atoms with Crippen LogP contribution in [0.4, 0.5) is 5.82 Å². The molecule has 0 bridgehead atoms. The molecule has 5 heteroatoms. The number of rotatable bonds is 4. The Labute approximate surface area is 117 Å². The van der Waals surface area contributed by atoms with E-state index >= 15 is 0 Å². The Kier molecular flexibility index (Phi) is 4.05. The predicted octanol–water partition coefficient (Wildman–Crippen LogP) is 2.30. The summed E-state index contributed by atoms with van der Waals surface area (Å²) in [6.45, 7) is 3.04. The molecule has 0 amide bonds. The Morgan fingerprint density at radius 3 is 2.84 bits per heavy atom. The molecule has 1 N–H and O–H groups in total. The Bertz CT molecular complexity index is 477. The highest BCUT2D eigenvalue weighted by Gasteiger charge is 2.19. The maximum absolute atomic E-state index is 4.41. The quantitative estimate of drug-likeness (QED) is 0.929. The second kappa shape index (κ2) is 6.12. The first-order chi connectivity index (χ1) is 9.42. The van der Waals surface area contributed by atoms with Crippen LogP contribution in [0.25, 0.3) is 0 Å². The van der Waals surface area contributed by atoms with E-state index in [1.165, 1.54) is 12.8 Å². The molecule has 0 aromatic carbocycles. The van der Waals surface area contributed by atoms with Crippen LogP contribution in [0.1, 0.15) is 18.5 Å². The lowest BCUT2D eigenvalue weighted by Crippen LogP contribution is -2.42. The number of nitrogens with one attached hydrogen (secondary N) is 1. The summed E-state index contributed by atoms with van der Waals surface area (Å²) >= 11 is 1.66. The molecule has 1 aliphatic heterocycles. The van der Waals surface area contributed by atoms with Crippen molar-refractivity contribution in [3.05, 3.63) is 41.0 Å². The molecule has 4 nitrogen and oxygen atoms in total. The summed E-state index contributed by atoms with van der Waals surface area (Å²) in [5, 5.41) is 5.70. The molecule has 19 heavy (non-hydrogen) atoms. The zero-order chi connectivity index (χ0) is 12.9. The monoisotopic (exact) mass is 274 g/mol. The molecule has 2 aromatic rings. The van der Waals surface area contributed by atoms with Gasteiger partial charge in [0, 0.05) is 37.3 Å². The van der Waals surface area contributed by atoms with Crippen LogP contribution in [-0.4, -0.2) is 29.1 Å². The summed E-state index contributed by atoms with van der Waals surface area (Å²) in [7, 11) is 0. The molecule has 3 heterocycles. The van der Waals surface area contributed by atoms with Gasteiger partial charge in [0.25, 0.3) is 0 Å². The van der Waals surface area contributed by atoms with E-state index in [4.69, 9.17) is 0 Å². The molecule has 0 spiro atoms. The van der Waals surface area contributed by atoms with Crippen molar-refractivity contribution >= 4 is 17.2 Å². The van der Waals surface area contributed by atoms with Gasteiger partial charge in [0.1, 0.15) is 5.82 Å². The van der Waals surface area contributed by atoms with Crippen LogP contribution in [-0.2, 0) is 6.54 Å². The van der Waals surface area contributed by atoms with Gasteiger partial charge in [-0.15, -0.1) is 11.3 Å². The topological polar surface area (TPSA) is 41.0 Å². The normalized spacial score (nSPS) is 16.7. The molecular weight excluding hydrogens is 256 g/mol. The van der Waals surface area contributed by atoms with E-state index in [2.05, 4.69) is 37.7 Å². The highest BCUT2D eigenvalue weighted by atomic mass is 32.1. The average molecular weight is 274 g/mol. The average Bonchev–Trinajstić information content (AvgIpc) is 3.00. The van der Waals surface area contributed by atoms with Gasteiger partial charge in [0.2, 0.25) is 0 Å². The lowest BCUT2D eigenvalue weighted by molar-refractivity contribution is 0.411. The molecule has 0 saturated carbocycles. The number of thiazole rings is 1. The van der Waals surface area contributed by atoms with E-state index in [9.17, 15) is 0 Å². The fourth-order valence-corrected chi connectivity index (χ4v) is 2.99. The minimum atomic E-state index is 0.599. The van der Waals surface area contributed by atoms with Gasteiger partial charge in [-0.1, -0.05) is 6.07 Å². The van der Waals surface area contributed by atoms with Gasteiger partial charge in [-0.2, -0.15) is 0 Å². The number of pyridine rings is 1. The molecule has 2 aromatic heterocycles. The summed E-state index contributed by atoms with van der Waals surface area (Å²) in [5.41, 5.74) is 3.04. The van der Waals surface area contributed by atoms with Gasteiger partial charge < -0.3 is 10.2 Å². The third-order valence-electron chi connectivity index (χ3n) is 3.52. The lowest BCUT2D eigenvalue weighted by atomic mass is 10.0. The minimum Gasteiger partial charge on any atom is -0.357 e. The third-order valence-corrected chi connectivity index (χ3v) is 4.16. The van der Waals surface area contributed by atoms with E-state index in [0.29, 0.717) is 6.04 Å². The molecule has 1 aliphatic rings. The fraction of sp³-hybridized carbons (Fsp3) is 0.429. The van der Waals surface area contributed by atoms with Crippen molar-refractivity contribution in [3.8, 4) is 0 Å². The lowest BCUT2D eigenvalue weighted by Gasteiger charge is -2.33. The van der Waals surface area contributed by atoms with E-state index in [1.807, 2.05) is 17.8 Å². The number of hydrogen-bond donors (Lipinski definition) is 1. The van der Waals surface area contributed by atoms with Crippen molar-refractivity contribution in [1.29, 1.82) is 0 Å². The Balaban J connectivity index is 1.47. The molecular formula is C14H18N4S. The standard InChI is InChI=1S/C14H18N4S/c1-2-6-15-14(3-1)18-7-4-12(5-8-18)16-9-13-10-19-11-17-13/h1-3,6,10-12,16H,4-5,7-9H2. The van der Waals surface area contributed by atoms with Crippen molar-refractivity contribution < 1.29 is 0 Å². The van der Waals surface area contributed by atoms with E-state index in [-0.39, 0.29) is 0 Å². The first kappa shape index (κ1) is 12.6. The summed E-state index contributed by atoms with van der Waals surface area (Å²) in [6, 6.07) is 6.70. The highest BCUT2D eigenvalue weighted by Crippen LogP contribution is 2.17. The molecule has 0 aliphatic carbocycles. The third kappa shape index (κ3) is 3.30. The maximum atomic E-state index is 4.41. The predicted molar refractivity (Wildman–Crippen MR) is 78.4 cm³/mol. The fourth-order valence-electron chi connectivity index (χ4n) is 2.43. The first-order valence-corrected chi connectivity index (χ1v) is 7.62. The maximum Gasteiger partial charge on any atom is 0.128 e. The highest BCUT2D eigenvalue weighted by molar-refractivity contribution is 7.07. The molecule has 1 saturated heterocycles. The van der Waals surface area contributed by atoms with Crippen molar-refractivity contribution in [1.82, 2.24) is 15.3 Å². The van der Waals surface area contributed by atoms with Gasteiger partial charge in [-0.3, -0.25) is 0 Å². The van der Waals surface area contributed by atoms with Crippen molar-refractivity contribution in [3.63, 3.8) is 0 Å². The van der Waals surface area contributed by atoms with Gasteiger partial charge in [-0.25, -0.2) is 9.97 Å². The van der Waals surface area contributed by atoms with Crippen LogP contribution in [0.15, 0.2) is 35.3 Å². The Hall–Kier alpha value is -1.46. The molecule has 100 valence electrons. The SMILES string of the molecule is c1ccc(N2CCC(NCc3cscn3)CC2)nc1. The second-order valence-corrected chi connectivity index (χ2v) is 5.53. The van der Waals surface area contributed by atoms with Gasteiger partial charge >= 0.3 is 0 Å². The van der Waals surface area contributed by atoms with E-state index in [1.54, 1.807) is 11.3 Å².